The van der Waals surface area contributed by atoms with Crippen LogP contribution in [0, 0.1) is 6.92 Å². The van der Waals surface area contributed by atoms with Crippen molar-refractivity contribution in [1.29, 1.82) is 0 Å². The summed E-state index contributed by atoms with van der Waals surface area (Å²) in [6.45, 7) is 2.04. The SMILES string of the molecule is Cc1cccc(N2C(=O)OCC2CC(=O)O)c1. The van der Waals surface area contributed by atoms with E-state index in [4.69, 9.17) is 9.84 Å². The van der Waals surface area contributed by atoms with E-state index in [1.165, 1.54) is 4.90 Å². The Morgan fingerprint density at radius 1 is 1.59 bits per heavy atom. The topological polar surface area (TPSA) is 66.8 Å². The highest BCUT2D eigenvalue weighted by Crippen LogP contribution is 2.25. The number of benzene rings is 1. The number of rotatable bonds is 3. The van der Waals surface area contributed by atoms with Crippen molar-refractivity contribution in [3.8, 4) is 0 Å². The van der Waals surface area contributed by atoms with Crippen LogP contribution in [0.4, 0.5) is 10.5 Å². The predicted molar refractivity (Wildman–Crippen MR) is 61.0 cm³/mol. The molecule has 1 aliphatic rings. The zero-order chi connectivity index (χ0) is 12.4. The van der Waals surface area contributed by atoms with Crippen LogP contribution in [0.2, 0.25) is 0 Å². The van der Waals surface area contributed by atoms with Crippen molar-refractivity contribution in [1.82, 2.24) is 0 Å². The average Bonchev–Trinajstić information content (AvgIpc) is 2.59. The molecule has 1 N–H and O–H groups in total. The average molecular weight is 235 g/mol. The monoisotopic (exact) mass is 235 g/mol. The van der Waals surface area contributed by atoms with Crippen molar-refractivity contribution in [2.24, 2.45) is 0 Å². The van der Waals surface area contributed by atoms with Gasteiger partial charge in [0.15, 0.2) is 0 Å². The van der Waals surface area contributed by atoms with Crippen LogP contribution in [-0.2, 0) is 9.53 Å². The molecule has 0 aromatic heterocycles. The molecule has 1 saturated heterocycles. The number of hydrogen-bond donors (Lipinski definition) is 1. The summed E-state index contributed by atoms with van der Waals surface area (Å²) in [7, 11) is 0. The molecule has 0 bridgehead atoms. The van der Waals surface area contributed by atoms with Crippen molar-refractivity contribution in [2.45, 2.75) is 19.4 Å². The van der Waals surface area contributed by atoms with E-state index in [1.54, 1.807) is 6.07 Å². The van der Waals surface area contributed by atoms with E-state index >= 15 is 0 Å². The van der Waals surface area contributed by atoms with Gasteiger partial charge in [0.25, 0.3) is 0 Å². The van der Waals surface area contributed by atoms with Gasteiger partial charge in [0, 0.05) is 5.69 Å². The number of aryl methyl sites for hydroxylation is 1. The Kier molecular flexibility index (Phi) is 2.99. The van der Waals surface area contributed by atoms with Crippen LogP contribution >= 0.6 is 0 Å². The molecule has 1 unspecified atom stereocenters. The van der Waals surface area contributed by atoms with Crippen molar-refractivity contribution in [2.75, 3.05) is 11.5 Å². The largest absolute Gasteiger partial charge is 0.481 e. The summed E-state index contributed by atoms with van der Waals surface area (Å²) in [5.41, 5.74) is 1.69. The van der Waals surface area contributed by atoms with E-state index in [1.807, 2.05) is 25.1 Å². The van der Waals surface area contributed by atoms with Gasteiger partial charge in [0.05, 0.1) is 12.5 Å². The normalized spacial score (nSPS) is 19.2. The van der Waals surface area contributed by atoms with E-state index in [9.17, 15) is 9.59 Å². The van der Waals surface area contributed by atoms with Crippen molar-refractivity contribution < 1.29 is 19.4 Å². The summed E-state index contributed by atoms with van der Waals surface area (Å²) in [5.74, 6) is -0.939. The number of carboxylic acids is 1. The van der Waals surface area contributed by atoms with Crippen molar-refractivity contribution >= 4 is 17.7 Å². The number of carbonyl (C=O) groups excluding carboxylic acids is 1. The molecular formula is C12H13NO4. The molecule has 1 aliphatic heterocycles. The highest BCUT2D eigenvalue weighted by molar-refractivity contribution is 5.91. The summed E-state index contributed by atoms with van der Waals surface area (Å²) in [6.07, 6.45) is -0.596. The van der Waals surface area contributed by atoms with Gasteiger partial charge < -0.3 is 9.84 Å². The highest BCUT2D eigenvalue weighted by atomic mass is 16.6. The third-order valence-electron chi connectivity index (χ3n) is 2.65. The number of ether oxygens (including phenoxy) is 1. The Hall–Kier alpha value is -2.04. The van der Waals surface area contributed by atoms with E-state index in [2.05, 4.69) is 0 Å². The molecule has 2 rings (SSSR count). The van der Waals surface area contributed by atoms with Crippen molar-refractivity contribution in [3.63, 3.8) is 0 Å². The van der Waals surface area contributed by atoms with Gasteiger partial charge in [0.1, 0.15) is 6.61 Å². The zero-order valence-corrected chi connectivity index (χ0v) is 9.42. The minimum absolute atomic E-state index is 0.111. The number of carbonyl (C=O) groups is 2. The molecule has 0 radical (unpaired) electrons. The minimum Gasteiger partial charge on any atom is -0.481 e. The maximum Gasteiger partial charge on any atom is 0.414 e. The lowest BCUT2D eigenvalue weighted by atomic mass is 10.1. The number of amides is 1. The number of hydrogen-bond acceptors (Lipinski definition) is 3. The first kappa shape index (κ1) is 11.4. The van der Waals surface area contributed by atoms with E-state index < -0.39 is 18.1 Å². The minimum atomic E-state index is -0.939. The van der Waals surface area contributed by atoms with Gasteiger partial charge in [-0.15, -0.1) is 0 Å². The molecule has 0 spiro atoms. The Labute approximate surface area is 98.6 Å². The van der Waals surface area contributed by atoms with Gasteiger partial charge in [-0.1, -0.05) is 12.1 Å². The summed E-state index contributed by atoms with van der Waals surface area (Å²) in [5, 5.41) is 8.79. The molecule has 1 amide bonds. The molecule has 0 aliphatic carbocycles. The maximum atomic E-state index is 11.6. The van der Waals surface area contributed by atoms with Crippen LogP contribution in [-0.4, -0.2) is 29.8 Å². The van der Waals surface area contributed by atoms with Gasteiger partial charge in [-0.05, 0) is 24.6 Å². The Balaban J connectivity index is 2.27. The summed E-state index contributed by atoms with van der Waals surface area (Å²) in [6, 6.07) is 6.92. The fourth-order valence-corrected chi connectivity index (χ4v) is 1.91. The second kappa shape index (κ2) is 4.45. The smallest absolute Gasteiger partial charge is 0.414 e. The predicted octanol–water partition coefficient (Wildman–Crippen LogP) is 1.79. The Morgan fingerprint density at radius 3 is 3.00 bits per heavy atom. The lowest BCUT2D eigenvalue weighted by molar-refractivity contribution is -0.137. The van der Waals surface area contributed by atoms with E-state index in [-0.39, 0.29) is 13.0 Å². The molecule has 1 aromatic carbocycles. The number of carboxylic acid groups (broad SMARTS) is 1. The van der Waals surface area contributed by atoms with Crippen LogP contribution < -0.4 is 4.90 Å². The first-order valence-corrected chi connectivity index (χ1v) is 5.32. The molecule has 1 atom stereocenters. The number of nitrogens with zero attached hydrogens (tertiary/aromatic N) is 1. The second-order valence-electron chi connectivity index (χ2n) is 4.04. The van der Waals surface area contributed by atoms with Gasteiger partial charge >= 0.3 is 12.1 Å². The molecule has 5 nitrogen and oxygen atoms in total. The van der Waals surface area contributed by atoms with Gasteiger partial charge in [-0.2, -0.15) is 0 Å². The third kappa shape index (κ3) is 2.38. The van der Waals surface area contributed by atoms with Crippen LogP contribution in [0.3, 0.4) is 0 Å². The molecular weight excluding hydrogens is 222 g/mol. The second-order valence-corrected chi connectivity index (χ2v) is 4.04. The fourth-order valence-electron chi connectivity index (χ4n) is 1.91. The van der Waals surface area contributed by atoms with Gasteiger partial charge in [0.2, 0.25) is 0 Å². The molecule has 5 heteroatoms. The van der Waals surface area contributed by atoms with Gasteiger partial charge in [-0.3, -0.25) is 9.69 Å². The standard InChI is InChI=1S/C12H13NO4/c1-8-3-2-4-9(5-8)13-10(6-11(14)15)7-17-12(13)16/h2-5,10H,6-7H2,1H3,(H,14,15). The Morgan fingerprint density at radius 2 is 2.35 bits per heavy atom. The molecule has 17 heavy (non-hydrogen) atoms. The quantitative estimate of drug-likeness (QED) is 0.867. The molecule has 1 aromatic rings. The molecule has 0 saturated carbocycles. The number of cyclic esters (lactones) is 1. The molecule has 90 valence electrons. The van der Waals surface area contributed by atoms with Crippen LogP contribution in [0.5, 0.6) is 0 Å². The third-order valence-corrected chi connectivity index (χ3v) is 2.65. The first-order chi connectivity index (χ1) is 8.08. The van der Waals surface area contributed by atoms with Crippen molar-refractivity contribution in [3.05, 3.63) is 29.8 Å². The molecule has 1 heterocycles. The van der Waals surface area contributed by atoms with Gasteiger partial charge in [-0.25, -0.2) is 4.79 Å². The van der Waals surface area contributed by atoms with Crippen LogP contribution in [0.1, 0.15) is 12.0 Å². The summed E-state index contributed by atoms with van der Waals surface area (Å²) >= 11 is 0. The van der Waals surface area contributed by atoms with Crippen LogP contribution in [0.15, 0.2) is 24.3 Å². The summed E-state index contributed by atoms with van der Waals surface area (Å²) in [4.78, 5) is 23.7. The fraction of sp³-hybridized carbons (Fsp3) is 0.333. The lowest BCUT2D eigenvalue weighted by Gasteiger charge is -2.20. The molecule has 1 fully saturated rings. The lowest BCUT2D eigenvalue weighted by Crippen LogP contribution is -2.35. The first-order valence-electron chi connectivity index (χ1n) is 5.32. The summed E-state index contributed by atoms with van der Waals surface area (Å²) < 4.78 is 4.90. The van der Waals surface area contributed by atoms with E-state index in [0.29, 0.717) is 5.69 Å². The highest BCUT2D eigenvalue weighted by Gasteiger charge is 2.35. The van der Waals surface area contributed by atoms with E-state index in [0.717, 1.165) is 5.56 Å². The number of anilines is 1. The maximum absolute atomic E-state index is 11.6. The Bertz CT molecular complexity index is 458. The zero-order valence-electron chi connectivity index (χ0n) is 9.42. The van der Waals surface area contributed by atoms with Crippen LogP contribution in [0.25, 0.3) is 0 Å². The number of aliphatic carboxylic acids is 1.